The van der Waals surface area contributed by atoms with Crippen LogP contribution in [0.3, 0.4) is 0 Å². The average molecular weight is 220 g/mol. The Labute approximate surface area is 87.4 Å². The molecule has 0 aliphatic carbocycles. The number of hydrogen-bond acceptors (Lipinski definition) is 6. The summed E-state index contributed by atoms with van der Waals surface area (Å²) in [6.07, 6.45) is -5.23. The van der Waals surface area contributed by atoms with Crippen LogP contribution in [-0.4, -0.2) is 65.3 Å². The molecular formula is C9H16O6. The largest absolute Gasteiger partial charge is 0.387 e. The fraction of sp³-hybridized carbons (Fsp3) is 1.00. The second-order valence-corrected chi connectivity index (χ2v) is 4.00. The van der Waals surface area contributed by atoms with Crippen LogP contribution in [0, 0.1) is 0 Å². The highest BCUT2D eigenvalue weighted by atomic mass is 16.7. The average Bonchev–Trinajstić information content (AvgIpc) is 2.37. The van der Waals surface area contributed by atoms with Gasteiger partial charge in [0.2, 0.25) is 0 Å². The summed E-state index contributed by atoms with van der Waals surface area (Å²) in [4.78, 5) is 0. The molecule has 3 N–H and O–H groups in total. The normalized spacial score (nSPS) is 52.0. The van der Waals surface area contributed by atoms with Crippen molar-refractivity contribution in [2.75, 3.05) is 13.2 Å². The maximum absolute atomic E-state index is 9.72. The van der Waals surface area contributed by atoms with Gasteiger partial charge in [-0.05, 0) is 6.92 Å². The molecule has 0 unspecified atom stereocenters. The van der Waals surface area contributed by atoms with Crippen molar-refractivity contribution in [2.24, 2.45) is 0 Å². The molecular weight excluding hydrogens is 204 g/mol. The van der Waals surface area contributed by atoms with Crippen molar-refractivity contribution < 1.29 is 29.5 Å². The first kappa shape index (κ1) is 11.3. The zero-order valence-electron chi connectivity index (χ0n) is 8.44. The first-order valence-corrected chi connectivity index (χ1v) is 5.02. The summed E-state index contributed by atoms with van der Waals surface area (Å²) in [5.74, 6) is 0. The summed E-state index contributed by atoms with van der Waals surface area (Å²) in [6.45, 7) is 2.47. The van der Waals surface area contributed by atoms with Crippen LogP contribution in [0.5, 0.6) is 0 Å². The van der Waals surface area contributed by atoms with Crippen molar-refractivity contribution >= 4 is 0 Å². The molecule has 0 spiro atoms. The highest BCUT2D eigenvalue weighted by molar-refractivity contribution is 4.91. The summed E-state index contributed by atoms with van der Waals surface area (Å²) in [5.41, 5.74) is 0. The maximum Gasteiger partial charge on any atom is 0.184 e. The number of ether oxygens (including phenoxy) is 3. The molecule has 6 nitrogen and oxygen atoms in total. The van der Waals surface area contributed by atoms with E-state index in [1.807, 2.05) is 6.92 Å². The van der Waals surface area contributed by atoms with Gasteiger partial charge in [-0.15, -0.1) is 0 Å². The van der Waals surface area contributed by atoms with Crippen molar-refractivity contribution in [3.8, 4) is 0 Å². The first-order chi connectivity index (χ1) is 7.09. The van der Waals surface area contributed by atoms with Crippen LogP contribution in [0.4, 0.5) is 0 Å². The molecule has 0 aromatic heterocycles. The summed E-state index contributed by atoms with van der Waals surface area (Å²) < 4.78 is 15.8. The van der Waals surface area contributed by atoms with E-state index in [2.05, 4.69) is 0 Å². The molecule has 0 aromatic carbocycles. The monoisotopic (exact) mass is 220 g/mol. The lowest BCUT2D eigenvalue weighted by Crippen LogP contribution is -2.59. The van der Waals surface area contributed by atoms with E-state index in [0.717, 1.165) is 0 Å². The Morgan fingerprint density at radius 1 is 1.00 bits per heavy atom. The van der Waals surface area contributed by atoms with Crippen LogP contribution in [0.1, 0.15) is 6.92 Å². The Balaban J connectivity index is 2.11. The van der Waals surface area contributed by atoms with E-state index in [-0.39, 0.29) is 12.7 Å². The third-order valence-electron chi connectivity index (χ3n) is 2.68. The minimum Gasteiger partial charge on any atom is -0.387 e. The summed E-state index contributed by atoms with van der Waals surface area (Å²) in [6, 6.07) is 0. The molecule has 6 heteroatoms. The van der Waals surface area contributed by atoms with Crippen molar-refractivity contribution in [2.45, 2.75) is 43.7 Å². The molecule has 0 amide bonds. The number of hydrogen-bond donors (Lipinski definition) is 3. The van der Waals surface area contributed by atoms with Crippen molar-refractivity contribution in [1.82, 2.24) is 0 Å². The van der Waals surface area contributed by atoms with Gasteiger partial charge in [0.05, 0.1) is 19.3 Å². The van der Waals surface area contributed by atoms with Crippen molar-refractivity contribution in [3.63, 3.8) is 0 Å². The zero-order valence-corrected chi connectivity index (χ0v) is 8.44. The predicted octanol–water partition coefficient (Wildman–Crippen LogP) is -1.77. The smallest absolute Gasteiger partial charge is 0.184 e. The van der Waals surface area contributed by atoms with Crippen LogP contribution in [0.15, 0.2) is 0 Å². The highest BCUT2D eigenvalue weighted by Gasteiger charge is 2.46. The summed E-state index contributed by atoms with van der Waals surface area (Å²) in [5, 5.41) is 28.4. The van der Waals surface area contributed by atoms with Gasteiger partial charge in [0.1, 0.15) is 24.4 Å². The first-order valence-electron chi connectivity index (χ1n) is 5.02. The summed E-state index contributed by atoms with van der Waals surface area (Å²) in [7, 11) is 0. The minimum absolute atomic E-state index is 0.166. The predicted molar refractivity (Wildman–Crippen MR) is 48.0 cm³/mol. The van der Waals surface area contributed by atoms with Crippen LogP contribution in [0.2, 0.25) is 0 Å². The van der Waals surface area contributed by atoms with Gasteiger partial charge in [-0.1, -0.05) is 0 Å². The lowest BCUT2D eigenvalue weighted by molar-refractivity contribution is -0.291. The van der Waals surface area contributed by atoms with Crippen LogP contribution >= 0.6 is 0 Å². The van der Waals surface area contributed by atoms with Gasteiger partial charge < -0.3 is 29.5 Å². The fourth-order valence-corrected chi connectivity index (χ4v) is 1.88. The second-order valence-electron chi connectivity index (χ2n) is 4.00. The molecule has 6 atom stereocenters. The van der Waals surface area contributed by atoms with E-state index >= 15 is 0 Å². The third-order valence-corrected chi connectivity index (χ3v) is 2.68. The Bertz CT molecular complexity index is 223. The van der Waals surface area contributed by atoms with Gasteiger partial charge in [0.15, 0.2) is 6.29 Å². The van der Waals surface area contributed by atoms with Crippen LogP contribution in [0.25, 0.3) is 0 Å². The van der Waals surface area contributed by atoms with Gasteiger partial charge in [0.25, 0.3) is 0 Å². The highest BCUT2D eigenvalue weighted by Crippen LogP contribution is 2.25. The van der Waals surface area contributed by atoms with Gasteiger partial charge in [-0.25, -0.2) is 0 Å². The fourth-order valence-electron chi connectivity index (χ4n) is 1.88. The van der Waals surface area contributed by atoms with Gasteiger partial charge in [0, 0.05) is 0 Å². The quantitative estimate of drug-likeness (QED) is 0.448. The lowest BCUT2D eigenvalue weighted by atomic mass is 9.99. The summed E-state index contributed by atoms with van der Waals surface area (Å²) >= 11 is 0. The Hall–Kier alpha value is -0.240. The van der Waals surface area contributed by atoms with Crippen LogP contribution in [-0.2, 0) is 14.2 Å². The van der Waals surface area contributed by atoms with Crippen molar-refractivity contribution in [1.29, 1.82) is 0 Å². The standard InChI is InChI=1S/C9H16O6/c1-4-2-13-3-5-8(14-4)6(10)7(11)9(12)15-5/h4-12H,2-3H2,1H3/t4-,5-,6+,7-,8+,9+/m1/s1. The van der Waals surface area contributed by atoms with E-state index in [0.29, 0.717) is 6.61 Å². The Morgan fingerprint density at radius 3 is 2.47 bits per heavy atom. The van der Waals surface area contributed by atoms with E-state index in [9.17, 15) is 15.3 Å². The number of aliphatic hydroxyl groups excluding tert-OH is 3. The number of aliphatic hydroxyl groups is 3. The molecule has 2 aliphatic rings. The minimum atomic E-state index is -1.39. The van der Waals surface area contributed by atoms with E-state index < -0.39 is 30.7 Å². The van der Waals surface area contributed by atoms with E-state index in [1.165, 1.54) is 0 Å². The molecule has 2 saturated heterocycles. The number of fused-ring (bicyclic) bond motifs is 1. The molecule has 88 valence electrons. The Morgan fingerprint density at radius 2 is 1.73 bits per heavy atom. The third kappa shape index (κ3) is 2.15. The maximum atomic E-state index is 9.72. The molecule has 0 radical (unpaired) electrons. The van der Waals surface area contributed by atoms with Crippen molar-refractivity contribution in [3.05, 3.63) is 0 Å². The number of rotatable bonds is 0. The van der Waals surface area contributed by atoms with Crippen LogP contribution < -0.4 is 0 Å². The molecule has 0 aromatic rings. The topological polar surface area (TPSA) is 88.4 Å². The Kier molecular flexibility index (Phi) is 3.24. The molecule has 2 fully saturated rings. The van der Waals surface area contributed by atoms with E-state index in [1.54, 1.807) is 0 Å². The van der Waals surface area contributed by atoms with Gasteiger partial charge in [-0.2, -0.15) is 0 Å². The molecule has 0 bridgehead atoms. The molecule has 0 saturated carbocycles. The van der Waals surface area contributed by atoms with Gasteiger partial charge >= 0.3 is 0 Å². The zero-order chi connectivity index (χ0) is 11.0. The molecule has 15 heavy (non-hydrogen) atoms. The molecule has 2 heterocycles. The molecule has 2 rings (SSSR count). The second kappa shape index (κ2) is 4.32. The molecule has 2 aliphatic heterocycles. The lowest BCUT2D eigenvalue weighted by Gasteiger charge is -2.39. The SMILES string of the molecule is C[C@@H]1COC[C@H]2O[C@H](O)[C@H](O)[C@H](O)[C@H]2O1. The van der Waals surface area contributed by atoms with E-state index in [4.69, 9.17) is 14.2 Å². The van der Waals surface area contributed by atoms with Gasteiger partial charge in [-0.3, -0.25) is 0 Å².